The van der Waals surface area contributed by atoms with Gasteiger partial charge in [-0.1, -0.05) is 30.3 Å². The molecule has 2 amide bonds. The van der Waals surface area contributed by atoms with Gasteiger partial charge < -0.3 is 10.2 Å². The Labute approximate surface area is 196 Å². The normalized spacial score (nSPS) is 14.8. The van der Waals surface area contributed by atoms with Gasteiger partial charge in [-0.15, -0.1) is 0 Å². The maximum Gasteiger partial charge on any atom is 0.254 e. The number of piperazine rings is 1. The van der Waals surface area contributed by atoms with E-state index in [-0.39, 0.29) is 55.5 Å². The van der Waals surface area contributed by atoms with Crippen molar-refractivity contribution in [3.8, 4) is 0 Å². The summed E-state index contributed by atoms with van der Waals surface area (Å²) in [6, 6.07) is 15.1. The van der Waals surface area contributed by atoms with Crippen molar-refractivity contribution in [2.75, 3.05) is 32.7 Å². The van der Waals surface area contributed by atoms with Crippen molar-refractivity contribution in [3.63, 3.8) is 0 Å². The quantitative estimate of drug-likeness (QED) is 0.579. The average Bonchev–Trinajstić information content (AvgIpc) is 2.83. The molecule has 0 aliphatic carbocycles. The van der Waals surface area contributed by atoms with Crippen molar-refractivity contribution in [1.29, 1.82) is 0 Å². The molecule has 0 bridgehead atoms. The molecular weight excluding hydrogens is 464 g/mol. The number of hydrogen-bond donors (Lipinski definition) is 1. The fourth-order valence-corrected chi connectivity index (χ4v) is 5.32. The predicted octanol–water partition coefficient (Wildman–Crippen LogP) is 2.77. The van der Waals surface area contributed by atoms with E-state index in [1.54, 1.807) is 18.2 Å². The van der Waals surface area contributed by atoms with Crippen molar-refractivity contribution in [1.82, 2.24) is 14.5 Å². The first kappa shape index (κ1) is 23.8. The van der Waals surface area contributed by atoms with Gasteiger partial charge in [0.05, 0.1) is 10.5 Å². The highest BCUT2D eigenvalue weighted by Gasteiger charge is 2.30. The first-order valence-electron chi connectivity index (χ1n) is 10.8. The summed E-state index contributed by atoms with van der Waals surface area (Å²) >= 11 is 0. The lowest BCUT2D eigenvalue weighted by Crippen LogP contribution is -2.50. The van der Waals surface area contributed by atoms with Gasteiger partial charge in [0.25, 0.3) is 5.91 Å². The largest absolute Gasteiger partial charge is 0.351 e. The summed E-state index contributed by atoms with van der Waals surface area (Å²) in [6.45, 7) is 0.755. The van der Waals surface area contributed by atoms with Crippen molar-refractivity contribution in [2.45, 2.75) is 11.3 Å². The molecule has 0 aromatic heterocycles. The van der Waals surface area contributed by atoms with Crippen LogP contribution in [0.5, 0.6) is 0 Å². The highest BCUT2D eigenvalue weighted by Crippen LogP contribution is 2.23. The van der Waals surface area contributed by atoms with E-state index in [0.29, 0.717) is 6.07 Å². The van der Waals surface area contributed by atoms with Gasteiger partial charge in [0, 0.05) is 45.2 Å². The van der Waals surface area contributed by atoms with E-state index in [0.717, 1.165) is 22.9 Å². The van der Waals surface area contributed by atoms with Crippen LogP contribution in [-0.4, -0.2) is 62.2 Å². The zero-order valence-electron chi connectivity index (χ0n) is 18.2. The minimum absolute atomic E-state index is 0.0218. The standard InChI is InChI=1S/C24H23F2N3O4S/c25-19-6-8-21(22(26)16-19)24(31)27-10-9-23(30)28-11-13-29(14-12-28)34(32,33)20-7-5-17-3-1-2-4-18(17)15-20/h1-8,15-16H,9-14H2,(H,27,31). The molecule has 4 rings (SSSR count). The average molecular weight is 488 g/mol. The molecule has 0 saturated carbocycles. The summed E-state index contributed by atoms with van der Waals surface area (Å²) in [6.07, 6.45) is -0.0218. The van der Waals surface area contributed by atoms with Crippen LogP contribution in [-0.2, 0) is 14.8 Å². The third-order valence-electron chi connectivity index (χ3n) is 5.75. The molecule has 7 nitrogen and oxygen atoms in total. The van der Waals surface area contributed by atoms with Crippen LogP contribution in [0, 0.1) is 11.6 Å². The topological polar surface area (TPSA) is 86.8 Å². The third-order valence-corrected chi connectivity index (χ3v) is 7.64. The maximum absolute atomic E-state index is 13.7. The van der Waals surface area contributed by atoms with E-state index in [1.165, 1.54) is 9.21 Å². The summed E-state index contributed by atoms with van der Waals surface area (Å²) in [5.74, 6) is -2.75. The minimum Gasteiger partial charge on any atom is -0.351 e. The minimum atomic E-state index is -3.69. The van der Waals surface area contributed by atoms with Crippen LogP contribution >= 0.6 is 0 Å². The number of nitrogens with zero attached hydrogens (tertiary/aromatic N) is 2. The lowest BCUT2D eigenvalue weighted by atomic mass is 10.1. The van der Waals surface area contributed by atoms with E-state index in [2.05, 4.69) is 5.32 Å². The highest BCUT2D eigenvalue weighted by atomic mass is 32.2. The second-order valence-electron chi connectivity index (χ2n) is 7.92. The first-order valence-corrected chi connectivity index (χ1v) is 12.2. The smallest absolute Gasteiger partial charge is 0.254 e. The zero-order valence-corrected chi connectivity index (χ0v) is 19.0. The van der Waals surface area contributed by atoms with Crippen LogP contribution in [0.2, 0.25) is 0 Å². The van der Waals surface area contributed by atoms with E-state index in [9.17, 15) is 26.8 Å². The van der Waals surface area contributed by atoms with Gasteiger partial charge in [-0.2, -0.15) is 4.31 Å². The van der Waals surface area contributed by atoms with Crippen molar-refractivity contribution < 1.29 is 26.8 Å². The predicted molar refractivity (Wildman–Crippen MR) is 123 cm³/mol. The summed E-state index contributed by atoms with van der Waals surface area (Å²) in [5, 5.41) is 4.23. The SMILES string of the molecule is O=C(NCCC(=O)N1CCN(S(=O)(=O)c2ccc3ccccc3c2)CC1)c1ccc(F)cc1F. The Morgan fingerprint density at radius 1 is 0.882 bits per heavy atom. The van der Waals surface area contributed by atoms with E-state index >= 15 is 0 Å². The lowest BCUT2D eigenvalue weighted by Gasteiger charge is -2.34. The van der Waals surface area contributed by atoms with Gasteiger partial charge in [-0.05, 0) is 35.0 Å². The Kier molecular flexibility index (Phi) is 6.90. The number of carbonyl (C=O) groups is 2. The Balaban J connectivity index is 1.29. The number of nitrogens with one attached hydrogen (secondary N) is 1. The Bertz CT molecular complexity index is 1340. The van der Waals surface area contributed by atoms with Gasteiger partial charge in [0.15, 0.2) is 0 Å². The van der Waals surface area contributed by atoms with Crippen LogP contribution in [0.25, 0.3) is 10.8 Å². The van der Waals surface area contributed by atoms with Gasteiger partial charge >= 0.3 is 0 Å². The molecule has 0 radical (unpaired) electrons. The number of halogens is 2. The van der Waals surface area contributed by atoms with Gasteiger partial charge in [-0.3, -0.25) is 9.59 Å². The molecule has 0 spiro atoms. The van der Waals surface area contributed by atoms with Crippen molar-refractivity contribution in [2.24, 2.45) is 0 Å². The monoisotopic (exact) mass is 487 g/mol. The molecule has 0 unspecified atom stereocenters. The summed E-state index contributed by atoms with van der Waals surface area (Å²) in [5.41, 5.74) is -0.304. The van der Waals surface area contributed by atoms with Crippen molar-refractivity contribution in [3.05, 3.63) is 77.9 Å². The van der Waals surface area contributed by atoms with Crippen LogP contribution in [0.1, 0.15) is 16.8 Å². The molecule has 178 valence electrons. The molecule has 1 aliphatic rings. The molecule has 0 atom stereocenters. The number of amides is 2. The molecule has 1 N–H and O–H groups in total. The number of carbonyl (C=O) groups excluding carboxylic acids is 2. The lowest BCUT2D eigenvalue weighted by molar-refractivity contribution is -0.132. The molecule has 34 heavy (non-hydrogen) atoms. The van der Waals surface area contributed by atoms with Crippen molar-refractivity contribution >= 4 is 32.6 Å². The second kappa shape index (κ2) is 9.86. The summed E-state index contributed by atoms with van der Waals surface area (Å²) in [7, 11) is -3.69. The summed E-state index contributed by atoms with van der Waals surface area (Å²) in [4.78, 5) is 26.3. The van der Waals surface area contributed by atoms with E-state index < -0.39 is 27.6 Å². The first-order chi connectivity index (χ1) is 16.3. The fraction of sp³-hybridized carbons (Fsp3) is 0.250. The molecular formula is C24H23F2N3O4S. The van der Waals surface area contributed by atoms with Gasteiger partial charge in [0.1, 0.15) is 11.6 Å². The molecule has 3 aromatic rings. The maximum atomic E-state index is 13.7. The van der Waals surface area contributed by atoms with E-state index in [4.69, 9.17) is 0 Å². The molecule has 1 aliphatic heterocycles. The number of benzene rings is 3. The molecule has 1 heterocycles. The number of hydrogen-bond acceptors (Lipinski definition) is 4. The van der Waals surface area contributed by atoms with Crippen LogP contribution in [0.3, 0.4) is 0 Å². The van der Waals surface area contributed by atoms with Crippen LogP contribution < -0.4 is 5.32 Å². The Morgan fingerprint density at radius 2 is 1.59 bits per heavy atom. The number of sulfonamides is 1. The van der Waals surface area contributed by atoms with E-state index in [1.807, 2.05) is 24.3 Å². The number of rotatable bonds is 6. The second-order valence-corrected chi connectivity index (χ2v) is 9.86. The molecule has 10 heteroatoms. The molecule has 3 aromatic carbocycles. The zero-order chi connectivity index (χ0) is 24.3. The molecule has 1 saturated heterocycles. The third kappa shape index (κ3) is 5.07. The van der Waals surface area contributed by atoms with Crippen LogP contribution in [0.4, 0.5) is 8.78 Å². The molecule has 1 fully saturated rings. The fourth-order valence-electron chi connectivity index (χ4n) is 3.86. The number of fused-ring (bicyclic) bond motifs is 1. The van der Waals surface area contributed by atoms with Gasteiger partial charge in [0.2, 0.25) is 15.9 Å². The van der Waals surface area contributed by atoms with Gasteiger partial charge in [-0.25, -0.2) is 17.2 Å². The highest BCUT2D eigenvalue weighted by molar-refractivity contribution is 7.89. The Morgan fingerprint density at radius 3 is 2.29 bits per heavy atom. The summed E-state index contributed by atoms with van der Waals surface area (Å²) < 4.78 is 54.1. The Hall–Kier alpha value is -3.37. The van der Waals surface area contributed by atoms with Crippen LogP contribution in [0.15, 0.2) is 65.6 Å².